The molecule has 0 saturated heterocycles. The summed E-state index contributed by atoms with van der Waals surface area (Å²) in [6.07, 6.45) is 0. The monoisotopic (exact) mass is 290 g/mol. The summed E-state index contributed by atoms with van der Waals surface area (Å²) in [7, 11) is 1.58. The Kier molecular flexibility index (Phi) is 3.30. The van der Waals surface area contributed by atoms with Crippen molar-refractivity contribution in [2.24, 2.45) is 0 Å². The maximum atomic E-state index is 11.2. The number of carbonyl (C=O) groups is 1. The summed E-state index contributed by atoms with van der Waals surface area (Å²) in [5.74, 6) is 0.693. The lowest BCUT2D eigenvalue weighted by molar-refractivity contribution is 0.101. The van der Waals surface area contributed by atoms with Gasteiger partial charge in [-0.05, 0) is 54.1 Å². The first-order valence-corrected chi connectivity index (χ1v) is 4.99. The predicted molar refractivity (Wildman–Crippen MR) is 60.5 cm³/mol. The van der Waals surface area contributed by atoms with Gasteiger partial charge in [-0.3, -0.25) is 4.79 Å². The largest absolute Gasteiger partial charge is 0.496 e. The van der Waals surface area contributed by atoms with Crippen LogP contribution in [0.1, 0.15) is 22.8 Å². The van der Waals surface area contributed by atoms with E-state index < -0.39 is 0 Å². The minimum atomic E-state index is 0.0383. The van der Waals surface area contributed by atoms with Crippen molar-refractivity contribution in [1.29, 1.82) is 0 Å². The van der Waals surface area contributed by atoms with E-state index in [1.165, 1.54) is 0 Å². The average molecular weight is 290 g/mol. The average Bonchev–Trinajstić information content (AvgIpc) is 2.08. The van der Waals surface area contributed by atoms with E-state index in [4.69, 9.17) is 4.74 Å². The number of hydrogen-bond donors (Lipinski definition) is 0. The zero-order valence-electron chi connectivity index (χ0n) is 7.85. The van der Waals surface area contributed by atoms with E-state index in [-0.39, 0.29) is 5.78 Å². The predicted octanol–water partition coefficient (Wildman–Crippen LogP) is 2.81. The number of hydrogen-bond acceptors (Lipinski definition) is 2. The normalized spacial score (nSPS) is 9.85. The van der Waals surface area contributed by atoms with Gasteiger partial charge in [-0.1, -0.05) is 0 Å². The van der Waals surface area contributed by atoms with E-state index in [1.54, 1.807) is 14.0 Å². The van der Waals surface area contributed by atoms with Crippen molar-refractivity contribution in [2.75, 3.05) is 7.11 Å². The molecule has 0 heterocycles. The highest BCUT2D eigenvalue weighted by molar-refractivity contribution is 14.1. The highest BCUT2D eigenvalue weighted by Crippen LogP contribution is 2.24. The lowest BCUT2D eigenvalue weighted by atomic mass is 10.1. The van der Waals surface area contributed by atoms with Crippen molar-refractivity contribution in [3.63, 3.8) is 0 Å². The van der Waals surface area contributed by atoms with Gasteiger partial charge in [0, 0.05) is 3.57 Å². The SMILES string of the molecule is COc1cc(I)c(C)cc1C(C)=O. The number of rotatable bonds is 2. The van der Waals surface area contributed by atoms with Crippen LogP contribution in [0.25, 0.3) is 0 Å². The van der Waals surface area contributed by atoms with Gasteiger partial charge in [0.25, 0.3) is 0 Å². The first-order chi connectivity index (χ1) is 6.06. The van der Waals surface area contributed by atoms with Crippen LogP contribution in [0.5, 0.6) is 5.75 Å². The zero-order valence-corrected chi connectivity index (χ0v) is 10.0. The number of methoxy groups -OCH3 is 1. The molecule has 1 rings (SSSR count). The fourth-order valence-corrected chi connectivity index (χ4v) is 1.55. The van der Waals surface area contributed by atoms with Gasteiger partial charge in [0.15, 0.2) is 5.78 Å². The molecule has 0 N–H and O–H groups in total. The van der Waals surface area contributed by atoms with Crippen molar-refractivity contribution >= 4 is 28.4 Å². The first kappa shape index (κ1) is 10.5. The topological polar surface area (TPSA) is 26.3 Å². The first-order valence-electron chi connectivity index (χ1n) is 3.91. The molecule has 0 spiro atoms. The summed E-state index contributed by atoms with van der Waals surface area (Å²) in [6, 6.07) is 3.75. The third-order valence-corrected chi connectivity index (χ3v) is 3.02. The molecular weight excluding hydrogens is 279 g/mol. The van der Waals surface area contributed by atoms with Crippen LogP contribution in [0.4, 0.5) is 0 Å². The van der Waals surface area contributed by atoms with Gasteiger partial charge in [-0.25, -0.2) is 0 Å². The van der Waals surface area contributed by atoms with Gasteiger partial charge in [0.05, 0.1) is 12.7 Å². The van der Waals surface area contributed by atoms with Crippen molar-refractivity contribution in [3.8, 4) is 5.75 Å². The fourth-order valence-electron chi connectivity index (χ4n) is 1.11. The van der Waals surface area contributed by atoms with Crippen LogP contribution in [0.15, 0.2) is 12.1 Å². The number of halogens is 1. The molecule has 0 amide bonds. The molecule has 1 aromatic carbocycles. The second-order valence-corrected chi connectivity index (χ2v) is 4.02. The summed E-state index contributed by atoms with van der Waals surface area (Å²) < 4.78 is 6.23. The Morgan fingerprint density at radius 3 is 2.54 bits per heavy atom. The maximum Gasteiger partial charge on any atom is 0.163 e. The Morgan fingerprint density at radius 1 is 1.46 bits per heavy atom. The molecule has 0 radical (unpaired) electrons. The Balaban J connectivity index is 3.33. The van der Waals surface area contributed by atoms with E-state index in [1.807, 2.05) is 19.1 Å². The van der Waals surface area contributed by atoms with Crippen LogP contribution in [0, 0.1) is 10.5 Å². The number of aryl methyl sites for hydroxylation is 1. The number of ketones is 1. The van der Waals surface area contributed by atoms with E-state index in [2.05, 4.69) is 22.6 Å². The van der Waals surface area contributed by atoms with Crippen LogP contribution < -0.4 is 4.74 Å². The van der Waals surface area contributed by atoms with Gasteiger partial charge in [0.1, 0.15) is 5.75 Å². The van der Waals surface area contributed by atoms with Crippen LogP contribution >= 0.6 is 22.6 Å². The molecule has 0 atom stereocenters. The van der Waals surface area contributed by atoms with Gasteiger partial charge in [-0.2, -0.15) is 0 Å². The lowest BCUT2D eigenvalue weighted by Crippen LogP contribution is -1.99. The number of benzene rings is 1. The number of ether oxygens (including phenoxy) is 1. The Hall–Kier alpha value is -0.580. The molecule has 0 unspecified atom stereocenters. The van der Waals surface area contributed by atoms with Gasteiger partial charge < -0.3 is 4.74 Å². The molecule has 0 aliphatic rings. The molecule has 0 aromatic heterocycles. The van der Waals surface area contributed by atoms with Crippen molar-refractivity contribution in [2.45, 2.75) is 13.8 Å². The number of carbonyl (C=O) groups excluding carboxylic acids is 1. The summed E-state index contributed by atoms with van der Waals surface area (Å²) in [4.78, 5) is 11.2. The van der Waals surface area contributed by atoms with Crippen LogP contribution in [-0.4, -0.2) is 12.9 Å². The van der Waals surface area contributed by atoms with Crippen LogP contribution in [0.3, 0.4) is 0 Å². The minimum absolute atomic E-state index is 0.0383. The minimum Gasteiger partial charge on any atom is -0.496 e. The Morgan fingerprint density at radius 2 is 2.08 bits per heavy atom. The van der Waals surface area contributed by atoms with Gasteiger partial charge in [0.2, 0.25) is 0 Å². The van der Waals surface area contributed by atoms with E-state index in [0.717, 1.165) is 9.13 Å². The molecule has 3 heteroatoms. The quantitative estimate of drug-likeness (QED) is 0.618. The third kappa shape index (κ3) is 2.21. The molecular formula is C10H11IO2. The van der Waals surface area contributed by atoms with Crippen molar-refractivity contribution in [3.05, 3.63) is 26.8 Å². The second kappa shape index (κ2) is 4.09. The molecule has 1 aromatic rings. The number of Topliss-reactive ketones (excluding diaryl/α,β-unsaturated/α-hetero) is 1. The van der Waals surface area contributed by atoms with Crippen LogP contribution in [-0.2, 0) is 0 Å². The third-order valence-electron chi connectivity index (χ3n) is 1.86. The fraction of sp³-hybridized carbons (Fsp3) is 0.300. The molecule has 0 saturated carbocycles. The summed E-state index contributed by atoms with van der Waals surface area (Å²) in [5, 5.41) is 0. The zero-order chi connectivity index (χ0) is 10.0. The molecule has 70 valence electrons. The molecule has 0 fully saturated rings. The van der Waals surface area contributed by atoms with E-state index >= 15 is 0 Å². The van der Waals surface area contributed by atoms with E-state index in [9.17, 15) is 4.79 Å². The van der Waals surface area contributed by atoms with Crippen molar-refractivity contribution in [1.82, 2.24) is 0 Å². The molecule has 2 nitrogen and oxygen atoms in total. The van der Waals surface area contributed by atoms with Crippen molar-refractivity contribution < 1.29 is 9.53 Å². The lowest BCUT2D eigenvalue weighted by Gasteiger charge is -2.08. The summed E-state index contributed by atoms with van der Waals surface area (Å²) in [6.45, 7) is 3.53. The Bertz CT molecular complexity index is 345. The van der Waals surface area contributed by atoms with Gasteiger partial charge >= 0.3 is 0 Å². The summed E-state index contributed by atoms with van der Waals surface area (Å²) in [5.41, 5.74) is 1.76. The molecule has 0 bridgehead atoms. The highest BCUT2D eigenvalue weighted by Gasteiger charge is 2.09. The molecule has 13 heavy (non-hydrogen) atoms. The molecule has 0 aliphatic heterocycles. The highest BCUT2D eigenvalue weighted by atomic mass is 127. The van der Waals surface area contributed by atoms with E-state index in [0.29, 0.717) is 11.3 Å². The maximum absolute atomic E-state index is 11.2. The second-order valence-electron chi connectivity index (χ2n) is 2.86. The summed E-state index contributed by atoms with van der Waals surface area (Å²) >= 11 is 2.22. The van der Waals surface area contributed by atoms with Gasteiger partial charge in [-0.15, -0.1) is 0 Å². The smallest absolute Gasteiger partial charge is 0.163 e. The van der Waals surface area contributed by atoms with Crippen LogP contribution in [0.2, 0.25) is 0 Å². The Labute approximate surface area is 91.4 Å². The molecule has 0 aliphatic carbocycles. The standard InChI is InChI=1S/C10H11IO2/c1-6-4-8(7(2)12)10(13-3)5-9(6)11/h4-5H,1-3H3.